The summed E-state index contributed by atoms with van der Waals surface area (Å²) in [5.74, 6) is -0.220. The highest BCUT2D eigenvalue weighted by Crippen LogP contribution is 2.33. The Morgan fingerprint density at radius 2 is 1.92 bits per heavy atom. The van der Waals surface area contributed by atoms with Crippen LogP contribution < -0.4 is 4.90 Å². The van der Waals surface area contributed by atoms with Gasteiger partial charge in [-0.3, -0.25) is 4.98 Å². The molecular formula is C20H19FN2O. The Labute approximate surface area is 140 Å². The van der Waals surface area contributed by atoms with Crippen LogP contribution in [0.2, 0.25) is 0 Å². The van der Waals surface area contributed by atoms with Crippen molar-refractivity contribution in [1.29, 1.82) is 0 Å². The van der Waals surface area contributed by atoms with Gasteiger partial charge < -0.3 is 9.64 Å². The number of fused-ring (bicyclic) bond motifs is 1. The Balaban J connectivity index is 1.69. The highest BCUT2D eigenvalue weighted by atomic mass is 19.1. The fourth-order valence-electron chi connectivity index (χ4n) is 3.38. The summed E-state index contributed by atoms with van der Waals surface area (Å²) in [7, 11) is 0. The third-order valence-corrected chi connectivity index (χ3v) is 4.55. The van der Waals surface area contributed by atoms with Crippen molar-refractivity contribution < 1.29 is 9.13 Å². The van der Waals surface area contributed by atoms with E-state index in [0.29, 0.717) is 6.61 Å². The summed E-state index contributed by atoms with van der Waals surface area (Å²) in [5.41, 5.74) is 4.39. The second kappa shape index (κ2) is 6.21. The zero-order valence-electron chi connectivity index (χ0n) is 13.6. The molecule has 1 aliphatic rings. The van der Waals surface area contributed by atoms with E-state index >= 15 is 0 Å². The van der Waals surface area contributed by atoms with Crippen molar-refractivity contribution in [2.75, 3.05) is 24.6 Å². The van der Waals surface area contributed by atoms with Crippen LogP contribution in [0, 0.1) is 12.7 Å². The topological polar surface area (TPSA) is 25.4 Å². The third kappa shape index (κ3) is 2.74. The number of pyridine rings is 1. The first kappa shape index (κ1) is 15.1. The Bertz CT molecular complexity index is 863. The van der Waals surface area contributed by atoms with E-state index in [-0.39, 0.29) is 11.9 Å². The number of nitrogens with zero attached hydrogens (tertiary/aromatic N) is 2. The molecule has 0 N–H and O–H groups in total. The van der Waals surface area contributed by atoms with Gasteiger partial charge in [-0.15, -0.1) is 0 Å². The molecule has 1 fully saturated rings. The average molecular weight is 322 g/mol. The maximum absolute atomic E-state index is 13.2. The van der Waals surface area contributed by atoms with Gasteiger partial charge in [0.1, 0.15) is 11.9 Å². The Morgan fingerprint density at radius 3 is 2.75 bits per heavy atom. The summed E-state index contributed by atoms with van der Waals surface area (Å²) in [6.07, 6.45) is 1.88. The van der Waals surface area contributed by atoms with Gasteiger partial charge in [0.15, 0.2) is 0 Å². The molecule has 1 aliphatic heterocycles. The zero-order valence-corrected chi connectivity index (χ0v) is 13.6. The quantitative estimate of drug-likeness (QED) is 0.705. The van der Waals surface area contributed by atoms with Crippen molar-refractivity contribution in [2.45, 2.75) is 13.0 Å². The Morgan fingerprint density at radius 1 is 1.12 bits per heavy atom. The van der Waals surface area contributed by atoms with E-state index in [0.717, 1.165) is 35.1 Å². The van der Waals surface area contributed by atoms with Crippen molar-refractivity contribution in [3.63, 3.8) is 0 Å². The summed E-state index contributed by atoms with van der Waals surface area (Å²) >= 11 is 0. The largest absolute Gasteiger partial charge is 0.370 e. The number of para-hydroxylation sites is 1. The van der Waals surface area contributed by atoms with Gasteiger partial charge in [0.25, 0.3) is 0 Å². The van der Waals surface area contributed by atoms with Crippen molar-refractivity contribution in [2.24, 2.45) is 0 Å². The van der Waals surface area contributed by atoms with Crippen LogP contribution in [0.3, 0.4) is 0 Å². The van der Waals surface area contributed by atoms with E-state index in [1.54, 1.807) is 12.1 Å². The number of hydrogen-bond acceptors (Lipinski definition) is 3. The van der Waals surface area contributed by atoms with E-state index in [9.17, 15) is 4.39 Å². The molecule has 2 heterocycles. The Kier molecular flexibility index (Phi) is 3.90. The number of anilines is 1. The van der Waals surface area contributed by atoms with Gasteiger partial charge in [-0.05, 0) is 36.2 Å². The van der Waals surface area contributed by atoms with Gasteiger partial charge in [0, 0.05) is 24.7 Å². The number of halogens is 1. The van der Waals surface area contributed by atoms with Crippen LogP contribution in [0.25, 0.3) is 10.9 Å². The highest BCUT2D eigenvalue weighted by molar-refractivity contribution is 5.93. The molecule has 122 valence electrons. The number of hydrogen-bond donors (Lipinski definition) is 0. The van der Waals surface area contributed by atoms with E-state index in [1.165, 1.54) is 17.8 Å². The Hall–Kier alpha value is -2.46. The van der Waals surface area contributed by atoms with Crippen LogP contribution in [0.15, 0.2) is 54.7 Å². The van der Waals surface area contributed by atoms with Crippen molar-refractivity contribution in [3.05, 3.63) is 71.7 Å². The SMILES string of the molecule is Cc1cnc2ccccc2c1N1CCO[C@@H](c2ccc(F)cc2)C1. The molecule has 0 radical (unpaired) electrons. The first-order valence-corrected chi connectivity index (χ1v) is 8.19. The maximum Gasteiger partial charge on any atom is 0.123 e. The lowest BCUT2D eigenvalue weighted by molar-refractivity contribution is 0.0398. The summed E-state index contributed by atoms with van der Waals surface area (Å²) in [4.78, 5) is 6.88. The van der Waals surface area contributed by atoms with Gasteiger partial charge in [-0.2, -0.15) is 0 Å². The van der Waals surface area contributed by atoms with Gasteiger partial charge in [0.05, 0.1) is 17.8 Å². The molecule has 0 aliphatic carbocycles. The first-order valence-electron chi connectivity index (χ1n) is 8.19. The molecule has 1 aromatic heterocycles. The number of ether oxygens (including phenoxy) is 1. The average Bonchev–Trinajstić information content (AvgIpc) is 2.62. The molecule has 0 unspecified atom stereocenters. The monoisotopic (exact) mass is 322 g/mol. The van der Waals surface area contributed by atoms with Crippen LogP contribution in [0.5, 0.6) is 0 Å². The predicted octanol–water partition coefficient (Wildman–Crippen LogP) is 4.26. The molecule has 2 aromatic carbocycles. The van der Waals surface area contributed by atoms with Crippen molar-refractivity contribution >= 4 is 16.6 Å². The molecule has 0 amide bonds. The number of benzene rings is 2. The normalized spacial score (nSPS) is 18.1. The van der Waals surface area contributed by atoms with E-state index < -0.39 is 0 Å². The van der Waals surface area contributed by atoms with Crippen LogP contribution in [0.1, 0.15) is 17.2 Å². The first-order chi connectivity index (χ1) is 11.7. The summed E-state index contributed by atoms with van der Waals surface area (Å²) < 4.78 is 19.1. The minimum absolute atomic E-state index is 0.0503. The van der Waals surface area contributed by atoms with Crippen LogP contribution >= 0.6 is 0 Å². The highest BCUT2D eigenvalue weighted by Gasteiger charge is 2.24. The van der Waals surface area contributed by atoms with E-state index in [1.807, 2.05) is 24.4 Å². The van der Waals surface area contributed by atoms with Gasteiger partial charge >= 0.3 is 0 Å². The van der Waals surface area contributed by atoms with Crippen molar-refractivity contribution in [1.82, 2.24) is 4.98 Å². The zero-order chi connectivity index (χ0) is 16.5. The minimum Gasteiger partial charge on any atom is -0.370 e. The smallest absolute Gasteiger partial charge is 0.123 e. The molecule has 24 heavy (non-hydrogen) atoms. The number of rotatable bonds is 2. The second-order valence-electron chi connectivity index (χ2n) is 6.16. The molecule has 3 aromatic rings. The number of aromatic nitrogens is 1. The lowest BCUT2D eigenvalue weighted by Gasteiger charge is -2.36. The summed E-state index contributed by atoms with van der Waals surface area (Å²) in [5, 5.41) is 1.16. The lowest BCUT2D eigenvalue weighted by Crippen LogP contribution is -2.38. The third-order valence-electron chi connectivity index (χ3n) is 4.55. The standard InChI is InChI=1S/C20H19FN2O/c1-14-12-22-18-5-3-2-4-17(18)20(14)23-10-11-24-19(13-23)15-6-8-16(21)9-7-15/h2-9,12,19H,10-11,13H2,1H3/t19-/m1/s1. The molecule has 1 saturated heterocycles. The number of morpholine rings is 1. The second-order valence-corrected chi connectivity index (χ2v) is 6.16. The molecule has 3 nitrogen and oxygen atoms in total. The van der Waals surface area contributed by atoms with Gasteiger partial charge in [-0.25, -0.2) is 4.39 Å². The molecule has 4 heteroatoms. The van der Waals surface area contributed by atoms with Crippen LogP contribution in [-0.4, -0.2) is 24.7 Å². The van der Waals surface area contributed by atoms with E-state index in [4.69, 9.17) is 4.74 Å². The molecule has 4 rings (SSSR count). The van der Waals surface area contributed by atoms with Crippen LogP contribution in [0.4, 0.5) is 10.1 Å². The molecule has 0 saturated carbocycles. The van der Waals surface area contributed by atoms with E-state index in [2.05, 4.69) is 22.9 Å². The predicted molar refractivity (Wildman–Crippen MR) is 93.8 cm³/mol. The van der Waals surface area contributed by atoms with Crippen molar-refractivity contribution in [3.8, 4) is 0 Å². The minimum atomic E-state index is -0.220. The fourth-order valence-corrected chi connectivity index (χ4v) is 3.38. The lowest BCUT2D eigenvalue weighted by atomic mass is 10.0. The van der Waals surface area contributed by atoms with Gasteiger partial charge in [0.2, 0.25) is 0 Å². The van der Waals surface area contributed by atoms with Crippen LogP contribution in [-0.2, 0) is 4.74 Å². The summed E-state index contributed by atoms with van der Waals surface area (Å²) in [6.45, 7) is 4.34. The maximum atomic E-state index is 13.2. The summed E-state index contributed by atoms with van der Waals surface area (Å²) in [6, 6.07) is 14.8. The molecule has 1 atom stereocenters. The fraction of sp³-hybridized carbons (Fsp3) is 0.250. The molecular weight excluding hydrogens is 303 g/mol. The van der Waals surface area contributed by atoms with Gasteiger partial charge in [-0.1, -0.05) is 30.3 Å². The molecule has 0 bridgehead atoms. The molecule has 0 spiro atoms. The number of aryl methyl sites for hydroxylation is 1.